The molecule has 0 aromatic carbocycles. The van der Waals surface area contributed by atoms with Gasteiger partial charge in [0.05, 0.1) is 0 Å². The smallest absolute Gasteiger partial charge is 0.0431 e. The van der Waals surface area contributed by atoms with Crippen molar-refractivity contribution < 1.29 is 5.11 Å². The highest BCUT2D eigenvalue weighted by atomic mass is 35.5. The maximum Gasteiger partial charge on any atom is 0.0431 e. The first-order valence-electron chi connectivity index (χ1n) is 3.98. The first-order chi connectivity index (χ1) is 4.81. The number of aliphatic hydroxyl groups is 1. The van der Waals surface area contributed by atoms with Gasteiger partial charge in [-0.05, 0) is 31.6 Å². The van der Waals surface area contributed by atoms with Gasteiger partial charge >= 0.3 is 0 Å². The highest BCUT2D eigenvalue weighted by Gasteiger charge is 1.99. The lowest BCUT2D eigenvalue weighted by Crippen LogP contribution is -1.96. The summed E-state index contributed by atoms with van der Waals surface area (Å²) in [6.07, 6.45) is 4.37. The monoisotopic (exact) mass is 164 g/mol. The third-order valence-corrected chi connectivity index (χ3v) is 1.95. The number of aliphatic hydroxyl groups excluding tert-OH is 1. The summed E-state index contributed by atoms with van der Waals surface area (Å²) in [7, 11) is 0. The molecule has 10 heavy (non-hydrogen) atoms. The molecule has 0 aliphatic carbocycles. The fourth-order valence-electron chi connectivity index (χ4n) is 1.01. The summed E-state index contributed by atoms with van der Waals surface area (Å²) < 4.78 is 0. The van der Waals surface area contributed by atoms with Gasteiger partial charge < -0.3 is 5.11 Å². The van der Waals surface area contributed by atoms with E-state index in [2.05, 4.69) is 6.92 Å². The third kappa shape index (κ3) is 6.37. The summed E-state index contributed by atoms with van der Waals surface area (Å²) in [5.41, 5.74) is 0. The average molecular weight is 165 g/mol. The van der Waals surface area contributed by atoms with Crippen molar-refractivity contribution in [1.29, 1.82) is 0 Å². The maximum absolute atomic E-state index is 8.51. The van der Waals surface area contributed by atoms with Crippen molar-refractivity contribution in [2.45, 2.75) is 32.6 Å². The van der Waals surface area contributed by atoms with Crippen LogP contribution in [-0.2, 0) is 0 Å². The van der Waals surface area contributed by atoms with Gasteiger partial charge in [0.1, 0.15) is 0 Å². The Morgan fingerprint density at radius 3 is 2.40 bits per heavy atom. The molecule has 0 amide bonds. The second kappa shape index (κ2) is 7.36. The summed E-state index contributed by atoms with van der Waals surface area (Å²) in [4.78, 5) is 0. The molecule has 0 radical (unpaired) electrons. The molecular formula is C8H17ClO. The summed E-state index contributed by atoms with van der Waals surface area (Å²) >= 11 is 5.53. The molecule has 1 N–H and O–H groups in total. The predicted molar refractivity (Wildman–Crippen MR) is 45.4 cm³/mol. The van der Waals surface area contributed by atoms with Gasteiger partial charge in [0, 0.05) is 12.5 Å². The Labute approximate surface area is 68.4 Å². The van der Waals surface area contributed by atoms with E-state index in [1.165, 1.54) is 6.42 Å². The number of rotatable bonds is 6. The normalized spacial score (nSPS) is 13.5. The largest absolute Gasteiger partial charge is 0.396 e. The zero-order valence-electron chi connectivity index (χ0n) is 6.65. The second-order valence-electron chi connectivity index (χ2n) is 2.80. The predicted octanol–water partition coefficient (Wildman–Crippen LogP) is 2.41. The van der Waals surface area contributed by atoms with Crippen LogP contribution in [0.15, 0.2) is 0 Å². The molecule has 0 heterocycles. The SMILES string of the molecule is C[C@@H](CCCO)CCCCl. The number of alkyl halides is 1. The van der Waals surface area contributed by atoms with Crippen LogP contribution < -0.4 is 0 Å². The van der Waals surface area contributed by atoms with Crippen molar-refractivity contribution in [3.63, 3.8) is 0 Å². The van der Waals surface area contributed by atoms with Crippen LogP contribution in [0.2, 0.25) is 0 Å². The van der Waals surface area contributed by atoms with E-state index in [0.29, 0.717) is 6.61 Å². The number of hydrogen-bond donors (Lipinski definition) is 1. The second-order valence-corrected chi connectivity index (χ2v) is 3.18. The van der Waals surface area contributed by atoms with Crippen LogP contribution >= 0.6 is 11.6 Å². The van der Waals surface area contributed by atoms with Crippen molar-refractivity contribution in [3.8, 4) is 0 Å². The molecule has 0 aromatic rings. The summed E-state index contributed by atoms with van der Waals surface area (Å²) in [5, 5.41) is 8.51. The Bertz CT molecular complexity index is 58.3. The van der Waals surface area contributed by atoms with Crippen molar-refractivity contribution in [1.82, 2.24) is 0 Å². The van der Waals surface area contributed by atoms with Gasteiger partial charge in [-0.3, -0.25) is 0 Å². The van der Waals surface area contributed by atoms with E-state index < -0.39 is 0 Å². The lowest BCUT2D eigenvalue weighted by atomic mass is 10.0. The van der Waals surface area contributed by atoms with E-state index >= 15 is 0 Å². The highest BCUT2D eigenvalue weighted by molar-refractivity contribution is 6.17. The first kappa shape index (κ1) is 10.2. The molecular weight excluding hydrogens is 148 g/mol. The summed E-state index contributed by atoms with van der Waals surface area (Å²) in [5.74, 6) is 1.50. The van der Waals surface area contributed by atoms with Crippen molar-refractivity contribution in [2.24, 2.45) is 5.92 Å². The third-order valence-electron chi connectivity index (χ3n) is 1.69. The number of halogens is 1. The van der Waals surface area contributed by atoms with E-state index in [9.17, 15) is 0 Å². The van der Waals surface area contributed by atoms with E-state index in [4.69, 9.17) is 16.7 Å². The average Bonchev–Trinajstić information content (AvgIpc) is 1.97. The molecule has 0 saturated heterocycles. The standard InChI is InChI=1S/C8H17ClO/c1-8(4-2-6-9)5-3-7-10/h8,10H,2-7H2,1H3/t8-/m1/s1. The van der Waals surface area contributed by atoms with Crippen LogP contribution in [0.25, 0.3) is 0 Å². The molecule has 1 atom stereocenters. The summed E-state index contributed by atoms with van der Waals surface area (Å²) in [6, 6.07) is 0. The summed E-state index contributed by atoms with van der Waals surface area (Å²) in [6.45, 7) is 2.54. The van der Waals surface area contributed by atoms with E-state index in [1.807, 2.05) is 0 Å². The quantitative estimate of drug-likeness (QED) is 0.598. The van der Waals surface area contributed by atoms with Crippen LogP contribution in [-0.4, -0.2) is 17.6 Å². The molecule has 0 aromatic heterocycles. The van der Waals surface area contributed by atoms with Gasteiger partial charge in [0.25, 0.3) is 0 Å². The molecule has 0 rings (SSSR count). The molecule has 0 fully saturated rings. The molecule has 0 aliphatic heterocycles. The maximum atomic E-state index is 8.51. The molecule has 0 aliphatic rings. The van der Waals surface area contributed by atoms with Gasteiger partial charge in [-0.25, -0.2) is 0 Å². The van der Waals surface area contributed by atoms with Crippen molar-refractivity contribution >= 4 is 11.6 Å². The highest BCUT2D eigenvalue weighted by Crippen LogP contribution is 2.12. The molecule has 2 heteroatoms. The van der Waals surface area contributed by atoms with Crippen LogP contribution in [0.5, 0.6) is 0 Å². The molecule has 0 bridgehead atoms. The zero-order valence-corrected chi connectivity index (χ0v) is 7.40. The van der Waals surface area contributed by atoms with E-state index in [-0.39, 0.29) is 0 Å². The lowest BCUT2D eigenvalue weighted by molar-refractivity contribution is 0.271. The van der Waals surface area contributed by atoms with Crippen LogP contribution in [0.3, 0.4) is 0 Å². The topological polar surface area (TPSA) is 20.2 Å². The minimum Gasteiger partial charge on any atom is -0.396 e. The molecule has 0 spiro atoms. The molecule has 0 saturated carbocycles. The minimum absolute atomic E-state index is 0.325. The van der Waals surface area contributed by atoms with E-state index in [0.717, 1.165) is 31.1 Å². The Hall–Kier alpha value is 0.250. The van der Waals surface area contributed by atoms with Gasteiger partial charge in [-0.15, -0.1) is 11.6 Å². The molecule has 0 unspecified atom stereocenters. The lowest BCUT2D eigenvalue weighted by Gasteiger charge is -2.07. The Kier molecular flexibility index (Phi) is 7.54. The Balaban J connectivity index is 3.00. The minimum atomic E-state index is 0.325. The van der Waals surface area contributed by atoms with Crippen LogP contribution in [0.1, 0.15) is 32.6 Å². The van der Waals surface area contributed by atoms with Gasteiger partial charge in [-0.2, -0.15) is 0 Å². The Morgan fingerprint density at radius 2 is 1.90 bits per heavy atom. The van der Waals surface area contributed by atoms with E-state index in [1.54, 1.807) is 0 Å². The zero-order chi connectivity index (χ0) is 7.82. The first-order valence-corrected chi connectivity index (χ1v) is 4.51. The Morgan fingerprint density at radius 1 is 1.30 bits per heavy atom. The molecule has 1 nitrogen and oxygen atoms in total. The van der Waals surface area contributed by atoms with Gasteiger partial charge in [0.15, 0.2) is 0 Å². The fourth-order valence-corrected chi connectivity index (χ4v) is 1.16. The fraction of sp³-hybridized carbons (Fsp3) is 1.00. The van der Waals surface area contributed by atoms with Crippen molar-refractivity contribution in [3.05, 3.63) is 0 Å². The van der Waals surface area contributed by atoms with Crippen LogP contribution in [0.4, 0.5) is 0 Å². The van der Waals surface area contributed by atoms with Gasteiger partial charge in [0.2, 0.25) is 0 Å². The van der Waals surface area contributed by atoms with Gasteiger partial charge in [-0.1, -0.05) is 6.92 Å². The molecule has 62 valence electrons. The van der Waals surface area contributed by atoms with Crippen LogP contribution in [0, 0.1) is 5.92 Å². The number of hydrogen-bond acceptors (Lipinski definition) is 1. The van der Waals surface area contributed by atoms with Crippen molar-refractivity contribution in [2.75, 3.05) is 12.5 Å².